The zero-order valence-corrected chi connectivity index (χ0v) is 15.3. The lowest BCUT2D eigenvalue weighted by atomic mass is 10.0. The number of halogens is 2. The van der Waals surface area contributed by atoms with Crippen LogP contribution in [0.1, 0.15) is 51.3 Å². The average Bonchev–Trinajstić information content (AvgIpc) is 3.02. The lowest BCUT2D eigenvalue weighted by molar-refractivity contribution is -0.140. The maximum atomic E-state index is 13.3. The van der Waals surface area contributed by atoms with Crippen molar-refractivity contribution in [2.75, 3.05) is 19.6 Å². The quantitative estimate of drug-likeness (QED) is 0.820. The molecular weight excluding hydrogens is 342 g/mol. The minimum Gasteiger partial charge on any atom is -0.342 e. The molecule has 0 N–H and O–H groups in total. The third kappa shape index (κ3) is 4.22. The molecule has 1 unspecified atom stereocenters. The molecule has 1 aromatic heterocycles. The van der Waals surface area contributed by atoms with E-state index >= 15 is 0 Å². The fraction of sp³-hybridized carbons (Fsp3) is 0.722. The predicted octanol–water partition coefficient (Wildman–Crippen LogP) is 2.46. The van der Waals surface area contributed by atoms with Gasteiger partial charge in [-0.3, -0.25) is 14.3 Å². The van der Waals surface area contributed by atoms with Crippen molar-refractivity contribution in [2.24, 2.45) is 5.92 Å². The first kappa shape index (κ1) is 18.8. The Labute approximate surface area is 152 Å². The Balaban J connectivity index is 1.66. The summed E-state index contributed by atoms with van der Waals surface area (Å²) in [5.74, 6) is -2.48. The average molecular weight is 368 g/mol. The van der Waals surface area contributed by atoms with Crippen molar-refractivity contribution in [3.8, 4) is 0 Å². The first-order chi connectivity index (χ1) is 12.2. The Morgan fingerprint density at radius 2 is 1.92 bits per heavy atom. The monoisotopic (exact) mass is 368 g/mol. The molecule has 0 saturated carbocycles. The molecule has 2 aliphatic heterocycles. The fourth-order valence-corrected chi connectivity index (χ4v) is 3.62. The molecule has 1 aromatic rings. The predicted molar refractivity (Wildman–Crippen MR) is 91.5 cm³/mol. The summed E-state index contributed by atoms with van der Waals surface area (Å²) in [6.07, 6.45) is 1.75. The summed E-state index contributed by atoms with van der Waals surface area (Å²) in [6, 6.07) is 1.60. The number of carbonyl (C=O) groups is 2. The van der Waals surface area contributed by atoms with Crippen LogP contribution in [0.5, 0.6) is 0 Å². The molecular formula is C18H26F2N4O2. The van der Waals surface area contributed by atoms with Gasteiger partial charge in [0.15, 0.2) is 0 Å². The highest BCUT2D eigenvalue weighted by molar-refractivity contribution is 5.78. The van der Waals surface area contributed by atoms with Crippen LogP contribution >= 0.6 is 0 Å². The molecule has 3 heterocycles. The second kappa shape index (κ2) is 7.32. The number of carbonyl (C=O) groups excluding carboxylic acids is 2. The van der Waals surface area contributed by atoms with E-state index in [0.29, 0.717) is 19.5 Å². The van der Waals surface area contributed by atoms with Crippen molar-refractivity contribution in [3.63, 3.8) is 0 Å². The number of likely N-dealkylation sites (tertiary alicyclic amines) is 1. The van der Waals surface area contributed by atoms with Crippen LogP contribution in [0.2, 0.25) is 0 Å². The largest absolute Gasteiger partial charge is 0.342 e. The lowest BCUT2D eigenvalue weighted by Crippen LogP contribution is -2.46. The van der Waals surface area contributed by atoms with E-state index in [1.54, 1.807) is 15.8 Å². The van der Waals surface area contributed by atoms with Crippen molar-refractivity contribution in [1.82, 2.24) is 19.6 Å². The van der Waals surface area contributed by atoms with Gasteiger partial charge in [-0.15, -0.1) is 0 Å². The van der Waals surface area contributed by atoms with E-state index in [1.165, 1.54) is 4.90 Å². The van der Waals surface area contributed by atoms with Gasteiger partial charge in [-0.1, -0.05) is 13.8 Å². The summed E-state index contributed by atoms with van der Waals surface area (Å²) in [4.78, 5) is 28.3. The number of piperidine rings is 1. The van der Waals surface area contributed by atoms with Crippen molar-refractivity contribution in [2.45, 2.75) is 58.0 Å². The Morgan fingerprint density at radius 3 is 2.58 bits per heavy atom. The molecule has 3 rings (SSSR count). The number of nitrogens with zero attached hydrogens (tertiary/aromatic N) is 4. The molecule has 0 radical (unpaired) electrons. The number of hydrogen-bond acceptors (Lipinski definition) is 3. The number of rotatable bonds is 4. The second-order valence-corrected chi connectivity index (χ2v) is 7.73. The maximum absolute atomic E-state index is 13.3. The summed E-state index contributed by atoms with van der Waals surface area (Å²) >= 11 is 0. The van der Waals surface area contributed by atoms with E-state index in [-0.39, 0.29) is 56.1 Å². The molecule has 0 aliphatic carbocycles. The molecule has 0 bridgehead atoms. The van der Waals surface area contributed by atoms with Crippen molar-refractivity contribution in [1.29, 1.82) is 0 Å². The van der Waals surface area contributed by atoms with Gasteiger partial charge in [-0.05, 0) is 12.0 Å². The molecule has 26 heavy (non-hydrogen) atoms. The summed E-state index contributed by atoms with van der Waals surface area (Å²) in [7, 11) is 0. The molecule has 0 spiro atoms. The number of amides is 2. The Bertz CT molecular complexity index is 664. The van der Waals surface area contributed by atoms with Gasteiger partial charge in [0.05, 0.1) is 24.7 Å². The summed E-state index contributed by atoms with van der Waals surface area (Å²) in [5, 5.41) is 4.30. The van der Waals surface area contributed by atoms with Crippen molar-refractivity contribution >= 4 is 11.8 Å². The molecule has 1 saturated heterocycles. The van der Waals surface area contributed by atoms with Crippen LogP contribution in [-0.2, 0) is 16.1 Å². The molecule has 2 aliphatic rings. The van der Waals surface area contributed by atoms with E-state index in [2.05, 4.69) is 5.10 Å². The first-order valence-electron chi connectivity index (χ1n) is 9.21. The molecule has 2 amide bonds. The van der Waals surface area contributed by atoms with E-state index in [9.17, 15) is 18.4 Å². The van der Waals surface area contributed by atoms with Crippen LogP contribution < -0.4 is 0 Å². The zero-order chi connectivity index (χ0) is 18.9. The first-order valence-corrected chi connectivity index (χ1v) is 9.21. The van der Waals surface area contributed by atoms with E-state index in [1.807, 2.05) is 19.9 Å². The minimum atomic E-state index is -2.67. The summed E-state index contributed by atoms with van der Waals surface area (Å²) < 4.78 is 28.4. The van der Waals surface area contributed by atoms with Crippen LogP contribution in [0.4, 0.5) is 8.78 Å². The zero-order valence-electron chi connectivity index (χ0n) is 15.3. The van der Waals surface area contributed by atoms with Gasteiger partial charge < -0.3 is 9.80 Å². The van der Waals surface area contributed by atoms with Crippen LogP contribution in [0.15, 0.2) is 12.3 Å². The molecule has 1 fully saturated rings. The third-order valence-corrected chi connectivity index (χ3v) is 5.08. The van der Waals surface area contributed by atoms with Crippen LogP contribution in [0.3, 0.4) is 0 Å². The van der Waals surface area contributed by atoms with Gasteiger partial charge in [0, 0.05) is 45.1 Å². The highest BCUT2D eigenvalue weighted by Gasteiger charge is 2.37. The van der Waals surface area contributed by atoms with E-state index < -0.39 is 5.92 Å². The van der Waals surface area contributed by atoms with Crippen molar-refractivity contribution in [3.05, 3.63) is 18.0 Å². The van der Waals surface area contributed by atoms with Crippen LogP contribution in [-0.4, -0.2) is 57.0 Å². The number of hydrogen-bond donors (Lipinski definition) is 0. The van der Waals surface area contributed by atoms with Gasteiger partial charge in [-0.2, -0.15) is 5.10 Å². The summed E-state index contributed by atoms with van der Waals surface area (Å²) in [6.45, 7) is 5.08. The topological polar surface area (TPSA) is 58.4 Å². The Hall–Kier alpha value is -1.99. The standard InChI is InChI=1S/C18H26F2N4O2/c1-13(2)9-16(25)23-11-14-3-6-21-24(14)15(12-23)10-17(26)22-7-4-18(19,20)5-8-22/h3,6,13,15H,4-5,7-12H2,1-2H3. The maximum Gasteiger partial charge on any atom is 0.251 e. The van der Waals surface area contributed by atoms with E-state index in [0.717, 1.165) is 5.69 Å². The van der Waals surface area contributed by atoms with Gasteiger partial charge in [0.1, 0.15) is 0 Å². The van der Waals surface area contributed by atoms with Gasteiger partial charge in [-0.25, -0.2) is 8.78 Å². The highest BCUT2D eigenvalue weighted by atomic mass is 19.3. The minimum absolute atomic E-state index is 0.0718. The second-order valence-electron chi connectivity index (χ2n) is 7.73. The molecule has 8 heteroatoms. The molecule has 144 valence electrons. The summed E-state index contributed by atoms with van der Waals surface area (Å²) in [5.41, 5.74) is 0.899. The fourth-order valence-electron chi connectivity index (χ4n) is 3.62. The van der Waals surface area contributed by atoms with Gasteiger partial charge in [0.25, 0.3) is 5.92 Å². The molecule has 6 nitrogen and oxygen atoms in total. The van der Waals surface area contributed by atoms with Gasteiger partial charge in [0.2, 0.25) is 11.8 Å². The normalized spacial score (nSPS) is 22.4. The van der Waals surface area contributed by atoms with Crippen LogP contribution in [0.25, 0.3) is 0 Å². The van der Waals surface area contributed by atoms with E-state index in [4.69, 9.17) is 0 Å². The SMILES string of the molecule is CC(C)CC(=O)N1Cc2ccnn2C(CC(=O)N2CCC(F)(F)CC2)C1. The Kier molecular flexibility index (Phi) is 5.29. The third-order valence-electron chi connectivity index (χ3n) is 5.08. The lowest BCUT2D eigenvalue weighted by Gasteiger charge is -2.36. The van der Waals surface area contributed by atoms with Crippen molar-refractivity contribution < 1.29 is 18.4 Å². The number of alkyl halides is 2. The molecule has 0 aromatic carbocycles. The van der Waals surface area contributed by atoms with Gasteiger partial charge >= 0.3 is 0 Å². The highest BCUT2D eigenvalue weighted by Crippen LogP contribution is 2.29. The smallest absolute Gasteiger partial charge is 0.251 e. The Morgan fingerprint density at radius 1 is 1.23 bits per heavy atom. The molecule has 1 atom stereocenters. The van der Waals surface area contributed by atoms with Crippen LogP contribution in [0, 0.1) is 5.92 Å². The number of fused-ring (bicyclic) bond motifs is 1. The number of aromatic nitrogens is 2.